The van der Waals surface area contributed by atoms with Crippen LogP contribution >= 0.6 is 0 Å². The van der Waals surface area contributed by atoms with Crippen LogP contribution in [0, 0.1) is 12.8 Å². The summed E-state index contributed by atoms with van der Waals surface area (Å²) in [4.78, 5) is 14.5. The Morgan fingerprint density at radius 1 is 1.45 bits per heavy atom. The fourth-order valence-corrected chi connectivity index (χ4v) is 3.55. The molecule has 3 atom stereocenters. The third kappa shape index (κ3) is 3.03. The van der Waals surface area contributed by atoms with Crippen molar-refractivity contribution in [1.29, 1.82) is 0 Å². The lowest BCUT2D eigenvalue weighted by Gasteiger charge is -2.33. The minimum absolute atomic E-state index is 0.0931. The number of carbonyl (C=O) groups excluding carboxylic acids is 1. The predicted molar refractivity (Wildman–Crippen MR) is 79.1 cm³/mol. The van der Waals surface area contributed by atoms with Crippen LogP contribution in [0.15, 0.2) is 10.6 Å². The zero-order valence-corrected chi connectivity index (χ0v) is 13.0. The molecule has 6 heteroatoms. The third-order valence-electron chi connectivity index (χ3n) is 4.91. The Labute approximate surface area is 130 Å². The number of rotatable bonds is 4. The highest BCUT2D eigenvalue weighted by molar-refractivity contribution is 5.81. The summed E-state index contributed by atoms with van der Waals surface area (Å²) in [6, 6.07) is 2.39. The second-order valence-corrected chi connectivity index (χ2v) is 6.89. The highest BCUT2D eigenvalue weighted by atomic mass is 16.5. The van der Waals surface area contributed by atoms with Gasteiger partial charge in [-0.1, -0.05) is 5.16 Å². The zero-order valence-electron chi connectivity index (χ0n) is 13.0. The first kappa shape index (κ1) is 14.2. The SMILES string of the molecule is Cc1cc(CN2CC[C@H]3C[C@@H](C(=O)NC4CC4)O[C@@H]3C2)no1. The molecule has 3 heterocycles. The smallest absolute Gasteiger partial charge is 0.249 e. The number of hydrogen-bond acceptors (Lipinski definition) is 5. The summed E-state index contributed by atoms with van der Waals surface area (Å²) in [5.74, 6) is 1.46. The normalized spacial score (nSPS) is 32.0. The van der Waals surface area contributed by atoms with Gasteiger partial charge in [0.2, 0.25) is 5.91 Å². The van der Waals surface area contributed by atoms with Gasteiger partial charge in [-0.2, -0.15) is 0 Å². The molecule has 1 saturated carbocycles. The lowest BCUT2D eigenvalue weighted by atomic mass is 9.91. The van der Waals surface area contributed by atoms with E-state index < -0.39 is 0 Å². The van der Waals surface area contributed by atoms with E-state index in [9.17, 15) is 4.79 Å². The van der Waals surface area contributed by atoms with E-state index in [1.54, 1.807) is 0 Å². The van der Waals surface area contributed by atoms with Crippen LogP contribution in [0.2, 0.25) is 0 Å². The Hall–Kier alpha value is -1.40. The maximum Gasteiger partial charge on any atom is 0.249 e. The quantitative estimate of drug-likeness (QED) is 0.906. The lowest BCUT2D eigenvalue weighted by molar-refractivity contribution is -0.133. The molecule has 4 rings (SSSR count). The molecule has 1 N–H and O–H groups in total. The van der Waals surface area contributed by atoms with Gasteiger partial charge in [0.05, 0.1) is 11.8 Å². The van der Waals surface area contributed by atoms with Gasteiger partial charge in [0.25, 0.3) is 0 Å². The minimum atomic E-state index is -0.246. The number of amides is 1. The number of nitrogens with one attached hydrogen (secondary N) is 1. The molecule has 2 aliphatic heterocycles. The van der Waals surface area contributed by atoms with Crippen LogP contribution in [-0.4, -0.2) is 47.3 Å². The Balaban J connectivity index is 1.32. The number of carbonyl (C=O) groups is 1. The molecular formula is C16H23N3O3. The van der Waals surface area contributed by atoms with E-state index in [1.807, 2.05) is 13.0 Å². The molecule has 0 radical (unpaired) electrons. The van der Waals surface area contributed by atoms with Gasteiger partial charge < -0.3 is 14.6 Å². The Morgan fingerprint density at radius 2 is 2.32 bits per heavy atom. The van der Waals surface area contributed by atoms with Crippen molar-refractivity contribution in [2.75, 3.05) is 13.1 Å². The summed E-state index contributed by atoms with van der Waals surface area (Å²) in [6.07, 6.45) is 4.14. The number of aromatic nitrogens is 1. The van der Waals surface area contributed by atoms with Crippen LogP contribution in [0.4, 0.5) is 0 Å². The van der Waals surface area contributed by atoms with Crippen LogP contribution in [-0.2, 0) is 16.1 Å². The summed E-state index contributed by atoms with van der Waals surface area (Å²) >= 11 is 0. The van der Waals surface area contributed by atoms with Gasteiger partial charge >= 0.3 is 0 Å². The molecule has 6 nitrogen and oxygen atoms in total. The summed E-state index contributed by atoms with van der Waals surface area (Å²) in [6.45, 7) is 4.62. The van der Waals surface area contributed by atoms with Crippen LogP contribution < -0.4 is 5.32 Å². The number of hydrogen-bond donors (Lipinski definition) is 1. The summed E-state index contributed by atoms with van der Waals surface area (Å²) in [7, 11) is 0. The molecule has 0 spiro atoms. The van der Waals surface area contributed by atoms with Gasteiger partial charge in [-0.15, -0.1) is 0 Å². The average Bonchev–Trinajstić information content (AvgIpc) is 3.05. The maximum absolute atomic E-state index is 12.1. The molecule has 0 bridgehead atoms. The molecule has 3 fully saturated rings. The zero-order chi connectivity index (χ0) is 15.1. The van der Waals surface area contributed by atoms with Gasteiger partial charge in [-0.25, -0.2) is 0 Å². The molecular weight excluding hydrogens is 282 g/mol. The average molecular weight is 305 g/mol. The predicted octanol–water partition coefficient (Wildman–Crippen LogP) is 1.24. The maximum atomic E-state index is 12.1. The van der Waals surface area contributed by atoms with E-state index in [0.717, 1.165) is 56.8 Å². The molecule has 0 aromatic carbocycles. The van der Waals surface area contributed by atoms with Gasteiger partial charge in [0.15, 0.2) is 0 Å². The van der Waals surface area contributed by atoms with E-state index >= 15 is 0 Å². The number of piperidine rings is 1. The Bertz CT molecular complexity index is 555. The first-order valence-corrected chi connectivity index (χ1v) is 8.28. The van der Waals surface area contributed by atoms with Crippen LogP contribution in [0.25, 0.3) is 0 Å². The molecule has 1 aromatic heterocycles. The first-order valence-electron chi connectivity index (χ1n) is 8.28. The van der Waals surface area contributed by atoms with Crippen molar-refractivity contribution in [3.63, 3.8) is 0 Å². The van der Waals surface area contributed by atoms with Crippen LogP contribution in [0.3, 0.4) is 0 Å². The van der Waals surface area contributed by atoms with Gasteiger partial charge in [0.1, 0.15) is 11.9 Å². The number of nitrogens with zero attached hydrogens (tertiary/aromatic N) is 2. The number of ether oxygens (including phenoxy) is 1. The van der Waals surface area contributed by atoms with E-state index in [-0.39, 0.29) is 18.1 Å². The molecule has 1 aromatic rings. The second-order valence-electron chi connectivity index (χ2n) is 6.89. The number of likely N-dealkylation sites (tertiary alicyclic amines) is 1. The monoisotopic (exact) mass is 305 g/mol. The fourth-order valence-electron chi connectivity index (χ4n) is 3.55. The highest BCUT2D eigenvalue weighted by Crippen LogP contribution is 2.34. The van der Waals surface area contributed by atoms with Gasteiger partial charge in [-0.3, -0.25) is 9.69 Å². The fraction of sp³-hybridized carbons (Fsp3) is 0.750. The van der Waals surface area contributed by atoms with Crippen molar-refractivity contribution in [3.8, 4) is 0 Å². The standard InChI is InChI=1S/C16H23N3O3/c1-10-6-13(18-22-10)8-19-5-4-11-7-14(21-15(11)9-19)16(20)17-12-2-3-12/h6,11-12,14-15H,2-5,7-9H2,1H3,(H,17,20)/t11-,14-,15+/m0/s1. The molecule has 1 amide bonds. The van der Waals surface area contributed by atoms with Crippen molar-refractivity contribution in [2.45, 2.75) is 57.4 Å². The second kappa shape index (κ2) is 5.66. The first-order chi connectivity index (χ1) is 10.7. The number of fused-ring (bicyclic) bond motifs is 1. The van der Waals surface area contributed by atoms with Crippen molar-refractivity contribution in [3.05, 3.63) is 17.5 Å². The Morgan fingerprint density at radius 3 is 3.05 bits per heavy atom. The summed E-state index contributed by atoms with van der Waals surface area (Å²) in [5, 5.41) is 7.12. The Kier molecular flexibility index (Phi) is 3.66. The molecule has 3 aliphatic rings. The van der Waals surface area contributed by atoms with E-state index in [1.165, 1.54) is 0 Å². The molecule has 22 heavy (non-hydrogen) atoms. The molecule has 120 valence electrons. The van der Waals surface area contributed by atoms with E-state index in [4.69, 9.17) is 9.26 Å². The lowest BCUT2D eigenvalue weighted by Crippen LogP contribution is -2.42. The third-order valence-corrected chi connectivity index (χ3v) is 4.91. The minimum Gasteiger partial charge on any atom is -0.364 e. The highest BCUT2D eigenvalue weighted by Gasteiger charge is 2.42. The van der Waals surface area contributed by atoms with Gasteiger partial charge in [-0.05, 0) is 45.1 Å². The van der Waals surface area contributed by atoms with Crippen molar-refractivity contribution >= 4 is 5.91 Å². The van der Waals surface area contributed by atoms with Crippen molar-refractivity contribution in [2.24, 2.45) is 5.92 Å². The molecule has 1 aliphatic carbocycles. The largest absolute Gasteiger partial charge is 0.364 e. The van der Waals surface area contributed by atoms with E-state index in [2.05, 4.69) is 15.4 Å². The summed E-state index contributed by atoms with van der Waals surface area (Å²) < 4.78 is 11.2. The molecule has 0 unspecified atom stereocenters. The van der Waals surface area contributed by atoms with Gasteiger partial charge in [0, 0.05) is 25.2 Å². The van der Waals surface area contributed by atoms with Crippen molar-refractivity contribution in [1.82, 2.24) is 15.4 Å². The van der Waals surface area contributed by atoms with Crippen LogP contribution in [0.1, 0.15) is 37.1 Å². The van der Waals surface area contributed by atoms with Crippen LogP contribution in [0.5, 0.6) is 0 Å². The topological polar surface area (TPSA) is 67.6 Å². The summed E-state index contributed by atoms with van der Waals surface area (Å²) in [5.41, 5.74) is 0.969. The van der Waals surface area contributed by atoms with Crippen molar-refractivity contribution < 1.29 is 14.1 Å². The number of aryl methyl sites for hydroxylation is 1. The molecule has 2 saturated heterocycles. The van der Waals surface area contributed by atoms with E-state index in [0.29, 0.717) is 12.0 Å².